The summed E-state index contributed by atoms with van der Waals surface area (Å²) in [4.78, 5) is 25.2. The van der Waals surface area contributed by atoms with Crippen LogP contribution in [0.1, 0.15) is 40.0 Å². The number of nitrogens with one attached hydrogen (secondary N) is 1. The minimum atomic E-state index is -5.29. The summed E-state index contributed by atoms with van der Waals surface area (Å²) in [6.07, 6.45) is -3.95. The minimum absolute atomic E-state index is 0.0513. The predicted molar refractivity (Wildman–Crippen MR) is 81.9 cm³/mol. The fourth-order valence-electron chi connectivity index (χ4n) is 2.37. The van der Waals surface area contributed by atoms with Gasteiger partial charge in [-0.15, -0.1) is 0 Å². The second-order valence-electron chi connectivity index (χ2n) is 6.59. The minimum Gasteiger partial charge on any atom is -0.347 e. The number of hydrogen-bond donors (Lipinski definition) is 1. The van der Waals surface area contributed by atoms with E-state index in [4.69, 9.17) is 0 Å². The van der Waals surface area contributed by atoms with Gasteiger partial charge in [0.05, 0.1) is 0 Å². The molecule has 0 saturated carbocycles. The van der Waals surface area contributed by atoms with Crippen LogP contribution in [0.4, 0.5) is 17.6 Å². The zero-order chi connectivity index (χ0) is 18.7. The van der Waals surface area contributed by atoms with Gasteiger partial charge >= 0.3 is 6.18 Å². The third-order valence-corrected chi connectivity index (χ3v) is 4.36. The van der Waals surface area contributed by atoms with Crippen molar-refractivity contribution in [3.8, 4) is 0 Å². The van der Waals surface area contributed by atoms with Crippen LogP contribution in [-0.4, -0.2) is 47.7 Å². The zero-order valence-corrected chi connectivity index (χ0v) is 14.2. The lowest BCUT2D eigenvalue weighted by Crippen LogP contribution is -2.53. The first-order valence-electron chi connectivity index (χ1n) is 7.88. The Balaban J connectivity index is 2.48. The molecule has 1 heterocycles. The third kappa shape index (κ3) is 4.95. The molecule has 0 spiro atoms. The van der Waals surface area contributed by atoms with Gasteiger partial charge in [-0.05, 0) is 32.6 Å². The van der Waals surface area contributed by atoms with Crippen LogP contribution in [-0.2, 0) is 9.59 Å². The largest absolute Gasteiger partial charge is 0.431 e. The highest BCUT2D eigenvalue weighted by Gasteiger charge is 2.58. The average Bonchev–Trinajstić information content (AvgIpc) is 2.89. The van der Waals surface area contributed by atoms with Crippen LogP contribution in [0.2, 0.25) is 0 Å². The van der Waals surface area contributed by atoms with Crippen LogP contribution in [0.25, 0.3) is 0 Å². The van der Waals surface area contributed by atoms with E-state index in [2.05, 4.69) is 13.5 Å². The molecule has 8 heteroatoms. The van der Waals surface area contributed by atoms with Crippen molar-refractivity contribution in [2.24, 2.45) is 5.92 Å². The standard InChI is InChI=1S/C16H24F4N2O2/c1-10-7-8-22(9-10)13(23)6-5-11(2)12(3)21-14(24)15(4,17)16(18,19)20/h10,12H,2,5-9H2,1,3-4H3,(H,21,24). The molecule has 0 aromatic carbocycles. The van der Waals surface area contributed by atoms with Crippen molar-refractivity contribution >= 4 is 11.8 Å². The van der Waals surface area contributed by atoms with Gasteiger partial charge in [0.15, 0.2) is 0 Å². The van der Waals surface area contributed by atoms with Crippen molar-refractivity contribution in [3.05, 3.63) is 12.2 Å². The van der Waals surface area contributed by atoms with E-state index in [1.165, 1.54) is 6.92 Å². The predicted octanol–water partition coefficient (Wildman–Crippen LogP) is 2.99. The van der Waals surface area contributed by atoms with Gasteiger partial charge in [-0.2, -0.15) is 13.2 Å². The number of hydrogen-bond acceptors (Lipinski definition) is 2. The van der Waals surface area contributed by atoms with E-state index in [0.29, 0.717) is 24.6 Å². The van der Waals surface area contributed by atoms with Gasteiger partial charge in [0.2, 0.25) is 5.91 Å². The number of amides is 2. The Hall–Kier alpha value is -1.60. The Morgan fingerprint density at radius 3 is 2.33 bits per heavy atom. The van der Waals surface area contributed by atoms with Gasteiger partial charge in [0.25, 0.3) is 11.6 Å². The molecule has 1 N–H and O–H groups in total. The average molecular weight is 352 g/mol. The van der Waals surface area contributed by atoms with E-state index in [0.717, 1.165) is 6.42 Å². The van der Waals surface area contributed by atoms with Crippen molar-refractivity contribution in [3.63, 3.8) is 0 Å². The summed E-state index contributed by atoms with van der Waals surface area (Å²) in [5.41, 5.74) is -3.59. The highest BCUT2D eigenvalue weighted by molar-refractivity contribution is 5.86. The number of nitrogens with zero attached hydrogens (tertiary/aromatic N) is 1. The fourth-order valence-corrected chi connectivity index (χ4v) is 2.37. The van der Waals surface area contributed by atoms with Crippen LogP contribution < -0.4 is 5.32 Å². The van der Waals surface area contributed by atoms with Crippen molar-refractivity contribution < 1.29 is 27.2 Å². The molecule has 1 fully saturated rings. The molecular weight excluding hydrogens is 328 g/mol. The van der Waals surface area contributed by atoms with Gasteiger partial charge in [0, 0.05) is 25.6 Å². The van der Waals surface area contributed by atoms with Crippen LogP contribution in [0.15, 0.2) is 12.2 Å². The number of rotatable bonds is 6. The molecule has 3 atom stereocenters. The number of alkyl halides is 4. The van der Waals surface area contributed by atoms with Crippen molar-refractivity contribution in [2.75, 3.05) is 13.1 Å². The normalized spacial score (nSPS) is 22.0. The second kappa shape index (κ2) is 7.53. The summed E-state index contributed by atoms with van der Waals surface area (Å²) in [6, 6.07) is -0.861. The maximum atomic E-state index is 13.5. The van der Waals surface area contributed by atoms with E-state index < -0.39 is 23.8 Å². The molecule has 2 amide bonds. The Morgan fingerprint density at radius 1 is 1.29 bits per heavy atom. The highest BCUT2D eigenvalue weighted by Crippen LogP contribution is 2.34. The molecule has 4 nitrogen and oxygen atoms in total. The summed E-state index contributed by atoms with van der Waals surface area (Å²) in [5, 5.41) is 1.97. The molecule has 1 saturated heterocycles. The van der Waals surface area contributed by atoms with E-state index >= 15 is 0 Å². The maximum absolute atomic E-state index is 13.5. The summed E-state index contributed by atoms with van der Waals surface area (Å²) in [7, 11) is 0. The molecule has 3 unspecified atom stereocenters. The van der Waals surface area contributed by atoms with E-state index in [9.17, 15) is 27.2 Å². The van der Waals surface area contributed by atoms with Crippen LogP contribution in [0.3, 0.4) is 0 Å². The molecule has 0 aromatic heterocycles. The van der Waals surface area contributed by atoms with Gasteiger partial charge in [0.1, 0.15) is 0 Å². The lowest BCUT2D eigenvalue weighted by atomic mass is 10.0. The first kappa shape index (κ1) is 20.4. The smallest absolute Gasteiger partial charge is 0.347 e. The zero-order valence-electron chi connectivity index (χ0n) is 14.2. The molecule has 1 aliphatic rings. The Labute approximate surface area is 139 Å². The van der Waals surface area contributed by atoms with E-state index in [-0.39, 0.29) is 25.7 Å². The van der Waals surface area contributed by atoms with Crippen LogP contribution in [0, 0.1) is 5.92 Å². The van der Waals surface area contributed by atoms with Gasteiger partial charge in [-0.3, -0.25) is 9.59 Å². The second-order valence-corrected chi connectivity index (χ2v) is 6.59. The molecule has 1 rings (SSSR count). The van der Waals surface area contributed by atoms with Crippen LogP contribution in [0.5, 0.6) is 0 Å². The molecule has 0 aromatic rings. The lowest BCUT2D eigenvalue weighted by molar-refractivity contribution is -0.221. The van der Waals surface area contributed by atoms with Gasteiger partial charge < -0.3 is 10.2 Å². The monoisotopic (exact) mass is 352 g/mol. The topological polar surface area (TPSA) is 49.4 Å². The van der Waals surface area contributed by atoms with E-state index in [1.807, 2.05) is 5.32 Å². The number of likely N-dealkylation sites (tertiary alicyclic amines) is 1. The SMILES string of the molecule is C=C(CCC(=O)N1CCC(C)C1)C(C)NC(=O)C(C)(F)C(F)(F)F. The van der Waals surface area contributed by atoms with Gasteiger partial charge in [-0.25, -0.2) is 4.39 Å². The molecular formula is C16H24F4N2O2. The Bertz CT molecular complexity index is 503. The summed E-state index contributed by atoms with van der Waals surface area (Å²) in [5.74, 6) is -1.35. The van der Waals surface area contributed by atoms with Gasteiger partial charge in [-0.1, -0.05) is 19.1 Å². The maximum Gasteiger partial charge on any atom is 0.431 e. The quantitative estimate of drug-likeness (QED) is 0.590. The highest BCUT2D eigenvalue weighted by atomic mass is 19.4. The summed E-state index contributed by atoms with van der Waals surface area (Å²) < 4.78 is 51.0. The molecule has 0 aliphatic carbocycles. The lowest BCUT2D eigenvalue weighted by Gasteiger charge is -2.25. The Kier molecular flexibility index (Phi) is 6.41. The molecule has 1 aliphatic heterocycles. The number of carbonyl (C=O) groups excluding carboxylic acids is 2. The van der Waals surface area contributed by atoms with Crippen molar-refractivity contribution in [2.45, 2.75) is 57.9 Å². The first-order valence-corrected chi connectivity index (χ1v) is 7.88. The first-order chi connectivity index (χ1) is 10.9. The van der Waals surface area contributed by atoms with Crippen molar-refractivity contribution in [1.29, 1.82) is 0 Å². The Morgan fingerprint density at radius 2 is 1.88 bits per heavy atom. The molecule has 138 valence electrons. The molecule has 24 heavy (non-hydrogen) atoms. The molecule has 0 radical (unpaired) electrons. The summed E-state index contributed by atoms with van der Waals surface area (Å²) >= 11 is 0. The number of carbonyl (C=O) groups is 2. The van der Waals surface area contributed by atoms with Crippen molar-refractivity contribution in [1.82, 2.24) is 10.2 Å². The van der Waals surface area contributed by atoms with Crippen LogP contribution >= 0.6 is 0 Å². The third-order valence-electron chi connectivity index (χ3n) is 4.36. The van der Waals surface area contributed by atoms with E-state index in [1.54, 1.807) is 4.90 Å². The fraction of sp³-hybridized carbons (Fsp3) is 0.750. The molecule has 0 bridgehead atoms. The summed E-state index contributed by atoms with van der Waals surface area (Å²) in [6.45, 7) is 8.72. The number of halogens is 4.